The molecule has 0 spiro atoms. The molecule has 0 radical (unpaired) electrons. The fourth-order valence-electron chi connectivity index (χ4n) is 7.83. The van der Waals surface area contributed by atoms with Gasteiger partial charge in [-0.3, -0.25) is 0 Å². The van der Waals surface area contributed by atoms with Crippen LogP contribution in [0.2, 0.25) is 0 Å². The predicted molar refractivity (Wildman–Crippen MR) is 171 cm³/mol. The van der Waals surface area contributed by atoms with Crippen LogP contribution in [0, 0.1) is 0 Å². The van der Waals surface area contributed by atoms with E-state index in [0.29, 0.717) is 5.92 Å². The second-order valence-corrected chi connectivity index (χ2v) is 12.2. The van der Waals surface area contributed by atoms with Crippen LogP contribution in [-0.4, -0.2) is 10.6 Å². The summed E-state index contributed by atoms with van der Waals surface area (Å²) in [5, 5.41) is 2.63. The zero-order chi connectivity index (χ0) is 27.3. The third kappa shape index (κ3) is 3.02. The minimum atomic E-state index is -0.102. The van der Waals surface area contributed by atoms with Crippen molar-refractivity contribution in [3.05, 3.63) is 156 Å². The van der Waals surface area contributed by atoms with Gasteiger partial charge in [0, 0.05) is 39.2 Å². The summed E-state index contributed by atoms with van der Waals surface area (Å²) in [5.41, 5.74) is 13.3. The van der Waals surface area contributed by atoms with Crippen LogP contribution in [0.3, 0.4) is 0 Å². The molecule has 0 fully saturated rings. The minimum absolute atomic E-state index is 0.102. The van der Waals surface area contributed by atoms with Crippen molar-refractivity contribution in [3.63, 3.8) is 0 Å². The van der Waals surface area contributed by atoms with Gasteiger partial charge in [-0.2, -0.15) is 0 Å². The van der Waals surface area contributed by atoms with Crippen molar-refractivity contribution in [1.29, 1.82) is 0 Å². The first-order valence-corrected chi connectivity index (χ1v) is 14.6. The Morgan fingerprint density at radius 2 is 1.29 bits per heavy atom. The summed E-state index contributed by atoms with van der Waals surface area (Å²) < 4.78 is 2.44. The first kappa shape index (κ1) is 22.9. The van der Waals surface area contributed by atoms with E-state index in [0.717, 1.165) is 0 Å². The zero-order valence-corrected chi connectivity index (χ0v) is 23.3. The third-order valence-electron chi connectivity index (χ3n) is 9.69. The molecule has 0 saturated carbocycles. The highest BCUT2D eigenvalue weighted by atomic mass is 15.2. The number of nitrogens with zero attached hydrogens (tertiary/aromatic N) is 2. The van der Waals surface area contributed by atoms with Gasteiger partial charge in [0.25, 0.3) is 0 Å². The third-order valence-corrected chi connectivity index (χ3v) is 9.69. The Morgan fingerprint density at radius 1 is 0.610 bits per heavy atom. The molecule has 2 aliphatic carbocycles. The second kappa shape index (κ2) is 8.11. The van der Waals surface area contributed by atoms with Gasteiger partial charge in [-0.25, -0.2) is 0 Å². The second-order valence-electron chi connectivity index (χ2n) is 12.2. The highest BCUT2D eigenvalue weighted by Gasteiger charge is 2.46. The van der Waals surface area contributed by atoms with Crippen molar-refractivity contribution in [3.8, 4) is 5.69 Å². The summed E-state index contributed by atoms with van der Waals surface area (Å²) in [6.45, 7) is 4.82. The van der Waals surface area contributed by atoms with Crippen LogP contribution in [0.15, 0.2) is 139 Å². The van der Waals surface area contributed by atoms with E-state index in [1.165, 1.54) is 66.7 Å². The number of para-hydroxylation sites is 4. The lowest BCUT2D eigenvalue weighted by Crippen LogP contribution is -2.31. The molecule has 2 unspecified atom stereocenters. The topological polar surface area (TPSA) is 8.17 Å². The highest BCUT2D eigenvalue weighted by molar-refractivity contribution is 6.12. The van der Waals surface area contributed by atoms with Crippen molar-refractivity contribution in [2.24, 2.45) is 0 Å². The summed E-state index contributed by atoms with van der Waals surface area (Å²) in [6.07, 6.45) is 5.17. The van der Waals surface area contributed by atoms with Crippen LogP contribution in [0.4, 0.5) is 11.4 Å². The molecule has 1 aromatic heterocycles. The molecule has 9 rings (SSSR count). The van der Waals surface area contributed by atoms with Crippen LogP contribution in [0.1, 0.15) is 36.5 Å². The summed E-state index contributed by atoms with van der Waals surface area (Å²) in [5.74, 6) is 0.313. The van der Waals surface area contributed by atoms with E-state index in [2.05, 4.69) is 157 Å². The van der Waals surface area contributed by atoms with Gasteiger partial charge < -0.3 is 9.47 Å². The average Bonchev–Trinajstić information content (AvgIpc) is 3.59. The van der Waals surface area contributed by atoms with Crippen molar-refractivity contribution in [2.75, 3.05) is 4.90 Å². The number of fused-ring (bicyclic) bond motifs is 9. The average molecular weight is 527 g/mol. The Bertz CT molecular complexity index is 2080. The normalized spacial score (nSPS) is 19.9. The molecule has 3 aliphatic rings. The predicted octanol–water partition coefficient (Wildman–Crippen LogP) is 9.70. The molecule has 2 nitrogen and oxygen atoms in total. The quantitative estimate of drug-likeness (QED) is 0.218. The molecule has 2 atom stereocenters. The lowest BCUT2D eigenvalue weighted by molar-refractivity contribution is 0.639. The summed E-state index contributed by atoms with van der Waals surface area (Å²) in [4.78, 5) is 2.55. The molecular formula is C39H30N2. The number of anilines is 2. The Balaban J connectivity index is 1.30. The van der Waals surface area contributed by atoms with E-state index >= 15 is 0 Å². The van der Waals surface area contributed by atoms with E-state index < -0.39 is 0 Å². The Morgan fingerprint density at radius 3 is 2.10 bits per heavy atom. The van der Waals surface area contributed by atoms with Crippen LogP contribution < -0.4 is 4.90 Å². The highest BCUT2D eigenvalue weighted by Crippen LogP contribution is 2.58. The molecule has 1 aliphatic heterocycles. The molecule has 0 amide bonds. The first-order valence-electron chi connectivity index (χ1n) is 14.6. The van der Waals surface area contributed by atoms with Gasteiger partial charge >= 0.3 is 0 Å². The van der Waals surface area contributed by atoms with Crippen LogP contribution in [0.5, 0.6) is 0 Å². The molecule has 196 valence electrons. The molecule has 0 saturated heterocycles. The number of allylic oxidation sites excluding steroid dienone is 2. The molecule has 0 bridgehead atoms. The summed E-state index contributed by atoms with van der Waals surface area (Å²) in [6, 6.07) is 44.7. The number of benzene rings is 5. The van der Waals surface area contributed by atoms with Crippen LogP contribution >= 0.6 is 0 Å². The van der Waals surface area contributed by atoms with E-state index in [1.54, 1.807) is 0 Å². The summed E-state index contributed by atoms with van der Waals surface area (Å²) >= 11 is 0. The minimum Gasteiger partial charge on any atom is -0.333 e. The van der Waals surface area contributed by atoms with Gasteiger partial charge in [-0.15, -0.1) is 0 Å². The largest absolute Gasteiger partial charge is 0.333 e. The standard InChI is InChI=1S/C39H30N2/c1-39(2)33-23-37-31(27-17-9-11-19-35(27)40(37)25-13-5-3-6-14-25)21-29(33)30-22-32-28-18-10-12-20-36(28)41(38(32)24-34(30)39)26-15-7-4-8-16-26/h3-24,31,37H,1-2H3. The van der Waals surface area contributed by atoms with Gasteiger partial charge in [0.1, 0.15) is 0 Å². The van der Waals surface area contributed by atoms with Gasteiger partial charge in [0.05, 0.1) is 17.1 Å². The summed E-state index contributed by atoms with van der Waals surface area (Å²) in [7, 11) is 0. The molecule has 5 aromatic carbocycles. The van der Waals surface area contributed by atoms with Crippen molar-refractivity contribution >= 4 is 38.8 Å². The fraction of sp³-hybridized carbons (Fsp3) is 0.128. The number of aromatic nitrogens is 1. The molecule has 2 heterocycles. The zero-order valence-electron chi connectivity index (χ0n) is 23.3. The van der Waals surface area contributed by atoms with Crippen LogP contribution in [-0.2, 0) is 5.41 Å². The van der Waals surface area contributed by atoms with Gasteiger partial charge in [-0.05, 0) is 76.4 Å². The molecule has 6 aromatic rings. The maximum Gasteiger partial charge on any atom is 0.0632 e. The monoisotopic (exact) mass is 526 g/mol. The van der Waals surface area contributed by atoms with Crippen LogP contribution in [0.25, 0.3) is 33.1 Å². The fourth-order valence-corrected chi connectivity index (χ4v) is 7.83. The van der Waals surface area contributed by atoms with Gasteiger partial charge in [0.2, 0.25) is 0 Å². The van der Waals surface area contributed by atoms with Gasteiger partial charge in [0.15, 0.2) is 0 Å². The number of hydrogen-bond acceptors (Lipinski definition) is 1. The molecule has 0 N–H and O–H groups in total. The van der Waals surface area contributed by atoms with E-state index in [-0.39, 0.29) is 11.5 Å². The van der Waals surface area contributed by atoms with Gasteiger partial charge in [-0.1, -0.05) is 98.8 Å². The number of rotatable bonds is 2. The lowest BCUT2D eigenvalue weighted by atomic mass is 9.77. The molecular weight excluding hydrogens is 496 g/mol. The Labute approximate surface area is 240 Å². The Kier molecular flexibility index (Phi) is 4.54. The molecule has 41 heavy (non-hydrogen) atoms. The first-order chi connectivity index (χ1) is 20.1. The molecule has 2 heteroatoms. The van der Waals surface area contributed by atoms with E-state index in [1.807, 2.05) is 0 Å². The number of hydrogen-bond donors (Lipinski definition) is 0. The van der Waals surface area contributed by atoms with E-state index in [9.17, 15) is 0 Å². The smallest absolute Gasteiger partial charge is 0.0632 e. The maximum absolute atomic E-state index is 2.58. The lowest BCUT2D eigenvalue weighted by Gasteiger charge is -2.33. The van der Waals surface area contributed by atoms with Crippen molar-refractivity contribution in [2.45, 2.75) is 31.2 Å². The van der Waals surface area contributed by atoms with Crippen molar-refractivity contribution < 1.29 is 0 Å². The maximum atomic E-state index is 2.58. The van der Waals surface area contributed by atoms with E-state index in [4.69, 9.17) is 0 Å². The SMILES string of the molecule is CC1(C)C2=CC3C(C=C2c2cc4c5ccccc5n(-c5ccccc5)c4cc21)c1ccccc1N3c1ccccc1. The van der Waals surface area contributed by atoms with Crippen molar-refractivity contribution in [1.82, 2.24) is 4.57 Å². The Hall–Kier alpha value is -4.82.